The molecular weight excluding hydrogens is 388 g/mol. The van der Waals surface area contributed by atoms with Crippen molar-refractivity contribution in [1.29, 1.82) is 0 Å². The summed E-state index contributed by atoms with van der Waals surface area (Å²) in [5.41, 5.74) is 4.00. The van der Waals surface area contributed by atoms with E-state index in [1.54, 1.807) is 0 Å². The minimum Gasteiger partial charge on any atom is -0.322 e. The maximum absolute atomic E-state index is 13.3. The van der Waals surface area contributed by atoms with Crippen LogP contribution in [0.15, 0.2) is 23.0 Å². The van der Waals surface area contributed by atoms with Gasteiger partial charge >= 0.3 is 0 Å². The van der Waals surface area contributed by atoms with E-state index in [1.807, 2.05) is 4.68 Å². The monoisotopic (exact) mass is 420 g/mol. The Morgan fingerprint density at radius 2 is 1.74 bits per heavy atom. The molecule has 7 nitrogen and oxygen atoms in total. The van der Waals surface area contributed by atoms with Crippen LogP contribution >= 0.6 is 0 Å². The smallest absolute Gasteiger partial charge is 0.253 e. The van der Waals surface area contributed by atoms with Crippen molar-refractivity contribution < 1.29 is 0 Å². The summed E-state index contributed by atoms with van der Waals surface area (Å²) < 4.78 is 2.01. The summed E-state index contributed by atoms with van der Waals surface area (Å²) in [5, 5.41) is 14.0. The molecule has 0 bridgehead atoms. The summed E-state index contributed by atoms with van der Waals surface area (Å²) >= 11 is 0. The predicted octanol–water partition coefficient (Wildman–Crippen LogP) is 4.07. The zero-order chi connectivity index (χ0) is 21.5. The lowest BCUT2D eigenvalue weighted by Crippen LogP contribution is -2.40. The number of hydrogen-bond donors (Lipinski definition) is 1. The van der Waals surface area contributed by atoms with Crippen LogP contribution in [0.5, 0.6) is 0 Å². The number of aromatic amines is 1. The van der Waals surface area contributed by atoms with Crippen LogP contribution in [0.25, 0.3) is 10.9 Å². The van der Waals surface area contributed by atoms with Gasteiger partial charge in [-0.1, -0.05) is 19.8 Å². The molecule has 5 rings (SSSR count). The Labute approximate surface area is 182 Å². The summed E-state index contributed by atoms with van der Waals surface area (Å²) in [6.45, 7) is 8.41. The quantitative estimate of drug-likeness (QED) is 0.688. The van der Waals surface area contributed by atoms with E-state index in [9.17, 15) is 4.79 Å². The predicted molar refractivity (Wildman–Crippen MR) is 121 cm³/mol. The van der Waals surface area contributed by atoms with Crippen LogP contribution in [0.3, 0.4) is 0 Å². The first kappa shape index (κ1) is 20.4. The van der Waals surface area contributed by atoms with Gasteiger partial charge in [0.2, 0.25) is 0 Å². The average molecular weight is 421 g/mol. The van der Waals surface area contributed by atoms with Crippen LogP contribution in [0.2, 0.25) is 0 Å². The molecular formula is C24H32N6O. The summed E-state index contributed by atoms with van der Waals surface area (Å²) in [7, 11) is 0. The van der Waals surface area contributed by atoms with Gasteiger partial charge in [-0.05, 0) is 104 Å². The van der Waals surface area contributed by atoms with Gasteiger partial charge in [0, 0.05) is 11.1 Å². The van der Waals surface area contributed by atoms with Crippen LogP contribution < -0.4 is 5.56 Å². The fourth-order valence-corrected chi connectivity index (χ4v) is 5.27. The maximum Gasteiger partial charge on any atom is 0.253 e. The first-order valence-electron chi connectivity index (χ1n) is 11.7. The number of rotatable bonds is 4. The molecule has 0 radical (unpaired) electrons. The number of aromatic nitrogens is 5. The Morgan fingerprint density at radius 1 is 1.03 bits per heavy atom. The summed E-state index contributed by atoms with van der Waals surface area (Å²) in [4.78, 5) is 18.9. The average Bonchev–Trinajstić information content (AvgIpc) is 3.43. The number of pyridine rings is 1. The van der Waals surface area contributed by atoms with Crippen LogP contribution in [0, 0.1) is 19.8 Å². The number of piperidine rings is 1. The van der Waals surface area contributed by atoms with E-state index in [0.717, 1.165) is 61.1 Å². The Hall–Kier alpha value is -2.54. The third-order valence-electron chi connectivity index (χ3n) is 7.40. The fraction of sp³-hybridized carbons (Fsp3) is 0.583. The Bertz CT molecular complexity index is 1130. The van der Waals surface area contributed by atoms with E-state index in [4.69, 9.17) is 0 Å². The van der Waals surface area contributed by atoms with Crippen molar-refractivity contribution in [2.75, 3.05) is 13.1 Å². The van der Waals surface area contributed by atoms with Crippen LogP contribution in [0.1, 0.15) is 80.0 Å². The molecule has 2 aromatic heterocycles. The van der Waals surface area contributed by atoms with E-state index in [-0.39, 0.29) is 11.6 Å². The van der Waals surface area contributed by atoms with E-state index < -0.39 is 0 Å². The Morgan fingerprint density at radius 3 is 2.48 bits per heavy atom. The van der Waals surface area contributed by atoms with Gasteiger partial charge in [-0.3, -0.25) is 9.69 Å². The second-order valence-electron chi connectivity index (χ2n) is 9.62. The van der Waals surface area contributed by atoms with Crippen LogP contribution in [-0.2, 0) is 0 Å². The van der Waals surface area contributed by atoms with Crippen LogP contribution in [0.4, 0.5) is 0 Å². The number of likely N-dealkylation sites (tertiary alicyclic amines) is 1. The summed E-state index contributed by atoms with van der Waals surface area (Å²) in [5.74, 6) is 1.53. The van der Waals surface area contributed by atoms with E-state index in [0.29, 0.717) is 12.0 Å². The van der Waals surface area contributed by atoms with Crippen molar-refractivity contribution in [2.45, 2.75) is 71.4 Å². The SMILES string of the molecule is Cc1cc2cc([C@H](c3nnnn3C3CCCC3)N3CCC(C)CC3)c(=O)[nH]c2cc1C. The third kappa shape index (κ3) is 3.80. The van der Waals surface area contributed by atoms with Crippen molar-refractivity contribution in [1.82, 2.24) is 30.1 Å². The summed E-state index contributed by atoms with van der Waals surface area (Å²) in [6, 6.07) is 6.41. The molecule has 2 fully saturated rings. The van der Waals surface area contributed by atoms with Gasteiger partial charge < -0.3 is 4.98 Å². The number of hydrogen-bond acceptors (Lipinski definition) is 5. The highest BCUT2D eigenvalue weighted by molar-refractivity contribution is 5.81. The second kappa shape index (κ2) is 8.19. The number of H-pyrrole nitrogens is 1. The standard InChI is InChI=1S/C24H32N6O/c1-15-8-10-29(11-9-15)22(23-26-27-28-30(23)19-6-4-5-7-19)20-14-18-12-16(2)17(3)13-21(18)25-24(20)31/h12-15,19,22H,4-11H2,1-3H3,(H,25,31)/t22-/m1/s1. The lowest BCUT2D eigenvalue weighted by atomic mass is 9.95. The van der Waals surface area contributed by atoms with Crippen LogP contribution in [-0.4, -0.2) is 43.2 Å². The number of nitrogens with zero attached hydrogens (tertiary/aromatic N) is 5. The summed E-state index contributed by atoms with van der Waals surface area (Å²) in [6.07, 6.45) is 6.90. The molecule has 3 heterocycles. The second-order valence-corrected chi connectivity index (χ2v) is 9.62. The van der Waals surface area contributed by atoms with E-state index in [2.05, 4.69) is 64.4 Å². The minimum atomic E-state index is -0.224. The molecule has 1 saturated carbocycles. The molecule has 3 aromatic rings. The molecule has 164 valence electrons. The van der Waals surface area contributed by atoms with Crippen molar-refractivity contribution >= 4 is 10.9 Å². The number of benzene rings is 1. The zero-order valence-corrected chi connectivity index (χ0v) is 18.8. The van der Waals surface area contributed by atoms with E-state index in [1.165, 1.54) is 24.0 Å². The van der Waals surface area contributed by atoms with Crippen molar-refractivity contribution in [2.24, 2.45) is 5.92 Å². The van der Waals surface area contributed by atoms with Gasteiger partial charge in [0.05, 0.1) is 6.04 Å². The number of fused-ring (bicyclic) bond motifs is 1. The topological polar surface area (TPSA) is 79.7 Å². The van der Waals surface area contributed by atoms with Crippen molar-refractivity contribution in [3.63, 3.8) is 0 Å². The van der Waals surface area contributed by atoms with Gasteiger partial charge in [-0.2, -0.15) is 0 Å². The number of nitrogens with one attached hydrogen (secondary N) is 1. The lowest BCUT2D eigenvalue weighted by molar-refractivity contribution is 0.147. The molecule has 7 heteroatoms. The normalized spacial score (nSPS) is 20.0. The molecule has 31 heavy (non-hydrogen) atoms. The highest BCUT2D eigenvalue weighted by Crippen LogP contribution is 2.35. The van der Waals surface area contributed by atoms with E-state index >= 15 is 0 Å². The first-order valence-corrected chi connectivity index (χ1v) is 11.7. The fourth-order valence-electron chi connectivity index (χ4n) is 5.27. The molecule has 0 unspecified atom stereocenters. The van der Waals surface area contributed by atoms with Crippen molar-refractivity contribution in [3.05, 3.63) is 51.1 Å². The largest absolute Gasteiger partial charge is 0.322 e. The number of aryl methyl sites for hydroxylation is 2. The number of tetrazole rings is 1. The maximum atomic E-state index is 13.3. The van der Waals surface area contributed by atoms with Gasteiger partial charge in [0.25, 0.3) is 5.56 Å². The molecule has 0 spiro atoms. The Kier molecular flexibility index (Phi) is 5.38. The molecule has 1 aliphatic carbocycles. The highest BCUT2D eigenvalue weighted by Gasteiger charge is 2.34. The minimum absolute atomic E-state index is 0.0413. The molecule has 2 aliphatic rings. The molecule has 1 aromatic carbocycles. The van der Waals surface area contributed by atoms with Crippen molar-refractivity contribution in [3.8, 4) is 0 Å². The van der Waals surface area contributed by atoms with Gasteiger partial charge in [-0.15, -0.1) is 5.10 Å². The highest BCUT2D eigenvalue weighted by atomic mass is 16.1. The molecule has 1 atom stereocenters. The van der Waals surface area contributed by atoms with Gasteiger partial charge in [0.15, 0.2) is 5.82 Å². The third-order valence-corrected chi connectivity index (χ3v) is 7.40. The first-order chi connectivity index (χ1) is 15.0. The molecule has 1 aliphatic heterocycles. The van der Waals surface area contributed by atoms with Gasteiger partial charge in [0.1, 0.15) is 6.04 Å². The van der Waals surface area contributed by atoms with Gasteiger partial charge in [-0.25, -0.2) is 4.68 Å². The molecule has 0 amide bonds. The Balaban J connectivity index is 1.65. The lowest BCUT2D eigenvalue weighted by Gasteiger charge is -2.36. The molecule has 1 saturated heterocycles. The molecule has 1 N–H and O–H groups in total. The zero-order valence-electron chi connectivity index (χ0n) is 18.8.